The van der Waals surface area contributed by atoms with Crippen LogP contribution in [0.2, 0.25) is 0 Å². The van der Waals surface area contributed by atoms with Gasteiger partial charge in [-0.3, -0.25) is 5.10 Å². The molecule has 0 saturated heterocycles. The highest BCUT2D eigenvalue weighted by molar-refractivity contribution is 7.89. The average molecular weight is 287 g/mol. The van der Waals surface area contributed by atoms with Crippen LogP contribution in [-0.2, 0) is 16.6 Å². The Balaban J connectivity index is 2.19. The Bertz CT molecular complexity index is 698. The van der Waals surface area contributed by atoms with Gasteiger partial charge in [0.25, 0.3) is 0 Å². The SMILES string of the molecule is Cc1[nH]ncc1S(=O)(=O)NCc1cc(F)ccc1F. The Hall–Kier alpha value is -1.80. The van der Waals surface area contributed by atoms with E-state index in [1.165, 1.54) is 0 Å². The van der Waals surface area contributed by atoms with Gasteiger partial charge in [0.05, 0.1) is 11.9 Å². The molecule has 2 aromatic rings. The first-order chi connectivity index (χ1) is 8.90. The molecule has 0 fully saturated rings. The molecule has 0 bridgehead atoms. The minimum atomic E-state index is -3.81. The lowest BCUT2D eigenvalue weighted by molar-refractivity contribution is 0.566. The van der Waals surface area contributed by atoms with Crippen LogP contribution in [0.3, 0.4) is 0 Å². The molecule has 2 N–H and O–H groups in total. The van der Waals surface area contributed by atoms with Crippen LogP contribution in [0.15, 0.2) is 29.3 Å². The first-order valence-corrected chi connectivity index (χ1v) is 6.82. The van der Waals surface area contributed by atoms with E-state index in [0.29, 0.717) is 5.69 Å². The highest BCUT2D eigenvalue weighted by Gasteiger charge is 2.18. The molecule has 1 aromatic heterocycles. The van der Waals surface area contributed by atoms with Gasteiger partial charge in [-0.25, -0.2) is 21.9 Å². The predicted molar refractivity (Wildman–Crippen MR) is 63.7 cm³/mol. The lowest BCUT2D eigenvalue weighted by atomic mass is 10.2. The van der Waals surface area contributed by atoms with Gasteiger partial charge < -0.3 is 0 Å². The van der Waals surface area contributed by atoms with Gasteiger partial charge in [-0.2, -0.15) is 5.10 Å². The fourth-order valence-corrected chi connectivity index (χ4v) is 2.68. The van der Waals surface area contributed by atoms with Gasteiger partial charge in [0.1, 0.15) is 16.5 Å². The Morgan fingerprint density at radius 3 is 2.74 bits per heavy atom. The van der Waals surface area contributed by atoms with Crippen LogP contribution in [0.5, 0.6) is 0 Å². The van der Waals surface area contributed by atoms with Crippen LogP contribution in [0.25, 0.3) is 0 Å². The zero-order valence-electron chi connectivity index (χ0n) is 9.94. The lowest BCUT2D eigenvalue weighted by Crippen LogP contribution is -2.24. The van der Waals surface area contributed by atoms with Gasteiger partial charge >= 0.3 is 0 Å². The van der Waals surface area contributed by atoms with Crippen LogP contribution in [0.1, 0.15) is 11.3 Å². The number of nitrogens with one attached hydrogen (secondary N) is 2. The van der Waals surface area contributed by atoms with Crippen molar-refractivity contribution < 1.29 is 17.2 Å². The quantitative estimate of drug-likeness (QED) is 0.894. The van der Waals surface area contributed by atoms with Gasteiger partial charge in [-0.1, -0.05) is 0 Å². The second-order valence-corrected chi connectivity index (χ2v) is 5.65. The van der Waals surface area contributed by atoms with E-state index in [1.54, 1.807) is 6.92 Å². The van der Waals surface area contributed by atoms with Crippen molar-refractivity contribution >= 4 is 10.0 Å². The minimum absolute atomic E-state index is 0.0238. The van der Waals surface area contributed by atoms with Crippen LogP contribution < -0.4 is 4.72 Å². The van der Waals surface area contributed by atoms with Gasteiger partial charge in [0.2, 0.25) is 10.0 Å². The molecule has 8 heteroatoms. The van der Waals surface area contributed by atoms with Crippen molar-refractivity contribution in [2.75, 3.05) is 0 Å². The van der Waals surface area contributed by atoms with Gasteiger partial charge in [0.15, 0.2) is 0 Å². The molecule has 0 aliphatic heterocycles. The third-order valence-electron chi connectivity index (χ3n) is 2.53. The normalized spacial score (nSPS) is 11.7. The second kappa shape index (κ2) is 5.06. The summed E-state index contributed by atoms with van der Waals surface area (Å²) < 4.78 is 52.3. The van der Waals surface area contributed by atoms with E-state index in [-0.39, 0.29) is 17.0 Å². The van der Waals surface area contributed by atoms with Crippen molar-refractivity contribution in [3.63, 3.8) is 0 Å². The van der Waals surface area contributed by atoms with Crippen molar-refractivity contribution in [2.45, 2.75) is 18.4 Å². The second-order valence-electron chi connectivity index (χ2n) is 3.92. The number of halogens is 2. The molecule has 0 aliphatic carbocycles. The molecule has 0 atom stereocenters. The monoisotopic (exact) mass is 287 g/mol. The van der Waals surface area contributed by atoms with E-state index in [2.05, 4.69) is 14.9 Å². The van der Waals surface area contributed by atoms with Gasteiger partial charge in [0, 0.05) is 12.1 Å². The molecule has 5 nitrogen and oxygen atoms in total. The molecule has 0 amide bonds. The van der Waals surface area contributed by atoms with Crippen LogP contribution in [0.4, 0.5) is 8.78 Å². The summed E-state index contributed by atoms with van der Waals surface area (Å²) in [6, 6.07) is 2.86. The number of aryl methyl sites for hydroxylation is 1. The number of hydrogen-bond donors (Lipinski definition) is 2. The summed E-state index contributed by atoms with van der Waals surface area (Å²) >= 11 is 0. The molecule has 0 unspecified atom stereocenters. The highest BCUT2D eigenvalue weighted by Crippen LogP contribution is 2.13. The topological polar surface area (TPSA) is 74.8 Å². The Labute approximate surface area is 108 Å². The van der Waals surface area contributed by atoms with Crippen molar-refractivity contribution in [3.05, 3.63) is 47.3 Å². The molecule has 1 aromatic carbocycles. The molecular formula is C11H11F2N3O2S. The number of aromatic amines is 1. The highest BCUT2D eigenvalue weighted by atomic mass is 32.2. The van der Waals surface area contributed by atoms with Crippen LogP contribution >= 0.6 is 0 Å². The Morgan fingerprint density at radius 1 is 1.37 bits per heavy atom. The number of hydrogen-bond acceptors (Lipinski definition) is 3. The van der Waals surface area contributed by atoms with Crippen molar-refractivity contribution in [3.8, 4) is 0 Å². The predicted octanol–water partition coefficient (Wildman–Crippen LogP) is 1.47. The van der Waals surface area contributed by atoms with Crippen molar-refractivity contribution in [2.24, 2.45) is 0 Å². The zero-order chi connectivity index (χ0) is 14.0. The number of benzene rings is 1. The Morgan fingerprint density at radius 2 is 2.11 bits per heavy atom. The molecule has 102 valence electrons. The average Bonchev–Trinajstić information content (AvgIpc) is 2.78. The third kappa shape index (κ3) is 2.96. The maximum absolute atomic E-state index is 13.3. The van der Waals surface area contributed by atoms with Crippen LogP contribution in [0, 0.1) is 18.6 Å². The van der Waals surface area contributed by atoms with Crippen LogP contribution in [-0.4, -0.2) is 18.6 Å². The number of aromatic nitrogens is 2. The third-order valence-corrected chi connectivity index (χ3v) is 4.05. The summed E-state index contributed by atoms with van der Waals surface area (Å²) in [6.45, 7) is 1.21. The summed E-state index contributed by atoms with van der Waals surface area (Å²) in [5, 5.41) is 6.09. The van der Waals surface area contributed by atoms with Gasteiger partial charge in [-0.05, 0) is 25.1 Å². The zero-order valence-corrected chi connectivity index (χ0v) is 10.8. The molecule has 0 aliphatic rings. The molecule has 2 rings (SSSR count). The van der Waals surface area contributed by atoms with E-state index in [0.717, 1.165) is 24.4 Å². The van der Waals surface area contributed by atoms with E-state index >= 15 is 0 Å². The summed E-state index contributed by atoms with van der Waals surface area (Å²) in [5.74, 6) is -1.30. The summed E-state index contributed by atoms with van der Waals surface area (Å²) in [6.07, 6.45) is 1.15. The van der Waals surface area contributed by atoms with Crippen molar-refractivity contribution in [1.29, 1.82) is 0 Å². The van der Waals surface area contributed by atoms with Gasteiger partial charge in [-0.15, -0.1) is 0 Å². The molecule has 0 spiro atoms. The molecular weight excluding hydrogens is 276 g/mol. The number of rotatable bonds is 4. The van der Waals surface area contributed by atoms with Crippen molar-refractivity contribution in [1.82, 2.24) is 14.9 Å². The maximum Gasteiger partial charge on any atom is 0.244 e. The number of H-pyrrole nitrogens is 1. The lowest BCUT2D eigenvalue weighted by Gasteiger charge is -2.07. The van der Waals surface area contributed by atoms with E-state index < -0.39 is 21.7 Å². The first-order valence-electron chi connectivity index (χ1n) is 5.34. The molecule has 0 saturated carbocycles. The first kappa shape index (κ1) is 13.6. The minimum Gasteiger partial charge on any atom is -0.281 e. The fourth-order valence-electron chi connectivity index (χ4n) is 1.54. The number of sulfonamides is 1. The molecule has 0 radical (unpaired) electrons. The molecule has 1 heterocycles. The fraction of sp³-hybridized carbons (Fsp3) is 0.182. The molecule has 19 heavy (non-hydrogen) atoms. The summed E-state index contributed by atoms with van der Waals surface area (Å²) in [4.78, 5) is -0.0238. The maximum atomic E-state index is 13.3. The largest absolute Gasteiger partial charge is 0.281 e. The Kier molecular flexibility index (Phi) is 3.63. The van der Waals surface area contributed by atoms with E-state index in [9.17, 15) is 17.2 Å². The van der Waals surface area contributed by atoms with E-state index in [4.69, 9.17) is 0 Å². The smallest absolute Gasteiger partial charge is 0.244 e. The summed E-state index contributed by atoms with van der Waals surface area (Å²) in [7, 11) is -3.81. The standard InChI is InChI=1S/C11H11F2N3O2S/c1-7-11(6-14-16-7)19(17,18)15-5-8-4-9(12)2-3-10(8)13/h2-4,6,15H,5H2,1H3,(H,14,16). The number of nitrogens with zero attached hydrogens (tertiary/aromatic N) is 1. The van der Waals surface area contributed by atoms with E-state index in [1.807, 2.05) is 0 Å². The summed E-state index contributed by atoms with van der Waals surface area (Å²) in [5.41, 5.74) is 0.303.